The highest BCUT2D eigenvalue weighted by Crippen LogP contribution is 2.26. The first-order chi connectivity index (χ1) is 10.9. The van der Waals surface area contributed by atoms with Gasteiger partial charge in [0.15, 0.2) is 5.84 Å². The molecule has 2 heterocycles. The summed E-state index contributed by atoms with van der Waals surface area (Å²) >= 11 is 0. The van der Waals surface area contributed by atoms with E-state index in [0.717, 1.165) is 12.8 Å². The average Bonchev–Trinajstić information content (AvgIpc) is 2.79. The molecular weight excluding hydrogens is 316 g/mol. The van der Waals surface area contributed by atoms with E-state index in [1.54, 1.807) is 35.0 Å². The summed E-state index contributed by atoms with van der Waals surface area (Å²) in [5.74, 6) is 0.252. The molecule has 2 aliphatic heterocycles. The van der Waals surface area contributed by atoms with Crippen LogP contribution in [0, 0.1) is 0 Å². The minimum Gasteiger partial charge on any atom is -0.349 e. The van der Waals surface area contributed by atoms with Gasteiger partial charge in [0.1, 0.15) is 4.90 Å². The summed E-state index contributed by atoms with van der Waals surface area (Å²) in [5, 5.41) is 0. The number of amidine groups is 1. The number of rotatable bonds is 2. The third kappa shape index (κ3) is 3.09. The van der Waals surface area contributed by atoms with Gasteiger partial charge in [0.2, 0.25) is 5.91 Å². The number of nitrogens with zero attached hydrogens (tertiary/aromatic N) is 3. The van der Waals surface area contributed by atoms with E-state index in [0.29, 0.717) is 24.5 Å². The molecule has 1 fully saturated rings. The number of likely N-dealkylation sites (N-methyl/N-ethyl adjacent to an activating group) is 1. The highest BCUT2D eigenvalue weighted by atomic mass is 32.2. The van der Waals surface area contributed by atoms with Crippen LogP contribution in [0.25, 0.3) is 0 Å². The number of benzene rings is 1. The molecule has 3 rings (SSSR count). The average molecular weight is 336 g/mol. The lowest BCUT2D eigenvalue weighted by atomic mass is 10.1. The SMILES string of the molecule is CN(CC(=O)N1CCCC(N)C1)C1=NS(=O)(=O)c2ccccc21. The number of carbonyl (C=O) groups is 1. The van der Waals surface area contributed by atoms with Crippen LogP contribution in [-0.2, 0) is 14.8 Å². The molecule has 1 amide bonds. The topological polar surface area (TPSA) is 96.1 Å². The van der Waals surface area contributed by atoms with E-state index in [1.165, 1.54) is 6.07 Å². The Hall–Kier alpha value is -1.93. The lowest BCUT2D eigenvalue weighted by Crippen LogP contribution is -2.49. The van der Waals surface area contributed by atoms with Crippen LogP contribution in [0.15, 0.2) is 33.6 Å². The summed E-state index contributed by atoms with van der Waals surface area (Å²) in [6, 6.07) is 6.67. The normalized spacial score (nSPS) is 22.4. The zero-order chi connectivity index (χ0) is 16.6. The summed E-state index contributed by atoms with van der Waals surface area (Å²) in [5.41, 5.74) is 6.44. The van der Waals surface area contributed by atoms with Crippen LogP contribution in [-0.4, -0.2) is 62.7 Å². The van der Waals surface area contributed by atoms with Gasteiger partial charge in [0.05, 0.1) is 6.54 Å². The molecule has 0 saturated carbocycles. The molecule has 1 atom stereocenters. The third-order valence-electron chi connectivity index (χ3n) is 4.16. The second kappa shape index (κ2) is 5.93. The second-order valence-corrected chi connectivity index (χ2v) is 7.56. The van der Waals surface area contributed by atoms with E-state index in [1.807, 2.05) is 0 Å². The standard InChI is InChI=1S/C15H20N4O3S/c1-18(10-14(20)19-8-4-5-11(16)9-19)15-12-6-2-3-7-13(12)23(21,22)17-15/h2-3,6-7,11H,4-5,8-10,16H2,1H3. The molecule has 124 valence electrons. The Morgan fingerprint density at radius 1 is 1.43 bits per heavy atom. The maximum absolute atomic E-state index is 12.4. The van der Waals surface area contributed by atoms with Gasteiger partial charge in [-0.1, -0.05) is 12.1 Å². The predicted octanol–water partition coefficient (Wildman–Crippen LogP) is 0.0170. The number of fused-ring (bicyclic) bond motifs is 1. The van der Waals surface area contributed by atoms with Crippen molar-refractivity contribution in [1.82, 2.24) is 9.80 Å². The van der Waals surface area contributed by atoms with Crippen molar-refractivity contribution in [2.24, 2.45) is 10.1 Å². The van der Waals surface area contributed by atoms with Gasteiger partial charge in [-0.3, -0.25) is 4.79 Å². The predicted molar refractivity (Wildman–Crippen MR) is 86.6 cm³/mol. The molecular formula is C15H20N4O3S. The van der Waals surface area contributed by atoms with Crippen molar-refractivity contribution in [3.63, 3.8) is 0 Å². The molecule has 7 nitrogen and oxygen atoms in total. The molecule has 1 unspecified atom stereocenters. The Morgan fingerprint density at radius 2 is 2.17 bits per heavy atom. The van der Waals surface area contributed by atoms with Gasteiger partial charge in [-0.15, -0.1) is 4.40 Å². The molecule has 0 spiro atoms. The molecule has 8 heteroatoms. The zero-order valence-electron chi connectivity index (χ0n) is 13.0. The fourth-order valence-electron chi connectivity index (χ4n) is 2.98. The second-order valence-electron chi connectivity index (χ2n) is 5.98. The van der Waals surface area contributed by atoms with Crippen molar-refractivity contribution >= 4 is 21.8 Å². The van der Waals surface area contributed by atoms with Crippen molar-refractivity contribution < 1.29 is 13.2 Å². The molecule has 0 radical (unpaired) electrons. The zero-order valence-corrected chi connectivity index (χ0v) is 13.8. The third-order valence-corrected chi connectivity index (χ3v) is 5.48. The van der Waals surface area contributed by atoms with Gasteiger partial charge < -0.3 is 15.5 Å². The summed E-state index contributed by atoms with van der Waals surface area (Å²) < 4.78 is 28.0. The first-order valence-corrected chi connectivity index (χ1v) is 9.01. The van der Waals surface area contributed by atoms with E-state index in [-0.39, 0.29) is 23.4 Å². The largest absolute Gasteiger partial charge is 0.349 e. The maximum atomic E-state index is 12.4. The summed E-state index contributed by atoms with van der Waals surface area (Å²) in [6.07, 6.45) is 1.83. The van der Waals surface area contributed by atoms with Crippen molar-refractivity contribution in [2.45, 2.75) is 23.8 Å². The number of amides is 1. The minimum atomic E-state index is -3.67. The van der Waals surface area contributed by atoms with E-state index >= 15 is 0 Å². The van der Waals surface area contributed by atoms with Crippen molar-refractivity contribution in [3.05, 3.63) is 29.8 Å². The summed E-state index contributed by atoms with van der Waals surface area (Å²) in [6.45, 7) is 1.32. The Kier molecular flexibility index (Phi) is 4.11. The maximum Gasteiger partial charge on any atom is 0.285 e. The van der Waals surface area contributed by atoms with Crippen LogP contribution in [0.4, 0.5) is 0 Å². The molecule has 0 bridgehead atoms. The summed E-state index contributed by atoms with van der Waals surface area (Å²) in [4.78, 5) is 15.9. The lowest BCUT2D eigenvalue weighted by Gasteiger charge is -2.32. The van der Waals surface area contributed by atoms with Crippen LogP contribution in [0.2, 0.25) is 0 Å². The summed E-state index contributed by atoms with van der Waals surface area (Å²) in [7, 11) is -1.99. The van der Waals surface area contributed by atoms with Gasteiger partial charge in [0.25, 0.3) is 10.0 Å². The molecule has 2 N–H and O–H groups in total. The number of sulfonamides is 1. The first-order valence-electron chi connectivity index (χ1n) is 7.57. The molecule has 1 aromatic carbocycles. The van der Waals surface area contributed by atoms with Crippen molar-refractivity contribution in [1.29, 1.82) is 0 Å². The van der Waals surface area contributed by atoms with Gasteiger partial charge in [0, 0.05) is 31.7 Å². The van der Waals surface area contributed by atoms with Crippen molar-refractivity contribution in [3.8, 4) is 0 Å². The Bertz CT molecular complexity index is 760. The van der Waals surface area contributed by atoms with E-state index in [9.17, 15) is 13.2 Å². The Balaban J connectivity index is 1.77. The first kappa shape index (κ1) is 15.9. The number of hydrogen-bond donors (Lipinski definition) is 1. The van der Waals surface area contributed by atoms with E-state index in [4.69, 9.17) is 5.73 Å². The fraction of sp³-hybridized carbons (Fsp3) is 0.467. The number of nitrogens with two attached hydrogens (primary N) is 1. The quantitative estimate of drug-likeness (QED) is 0.821. The number of hydrogen-bond acceptors (Lipinski definition) is 5. The molecule has 1 aromatic rings. The van der Waals surface area contributed by atoms with Gasteiger partial charge in [-0.25, -0.2) is 0 Å². The van der Waals surface area contributed by atoms with E-state index < -0.39 is 10.0 Å². The lowest BCUT2D eigenvalue weighted by molar-refractivity contribution is -0.132. The van der Waals surface area contributed by atoms with Gasteiger partial charge in [-0.05, 0) is 25.0 Å². The Morgan fingerprint density at radius 3 is 2.91 bits per heavy atom. The highest BCUT2D eigenvalue weighted by Gasteiger charge is 2.31. The molecule has 0 aromatic heterocycles. The van der Waals surface area contributed by atoms with Crippen LogP contribution in [0.1, 0.15) is 18.4 Å². The molecule has 2 aliphatic rings. The fourth-order valence-corrected chi connectivity index (χ4v) is 4.23. The smallest absolute Gasteiger partial charge is 0.285 e. The number of carbonyl (C=O) groups excluding carboxylic acids is 1. The van der Waals surface area contributed by atoms with E-state index in [2.05, 4.69) is 4.40 Å². The van der Waals surface area contributed by atoms with Crippen LogP contribution < -0.4 is 5.73 Å². The minimum absolute atomic E-state index is 0.0166. The monoisotopic (exact) mass is 336 g/mol. The van der Waals surface area contributed by atoms with Crippen LogP contribution in [0.3, 0.4) is 0 Å². The number of piperidine rings is 1. The molecule has 0 aliphatic carbocycles. The Labute approximate surface area is 135 Å². The molecule has 23 heavy (non-hydrogen) atoms. The van der Waals surface area contributed by atoms with Gasteiger partial charge in [-0.2, -0.15) is 8.42 Å². The van der Waals surface area contributed by atoms with Crippen LogP contribution >= 0.6 is 0 Å². The molecule has 1 saturated heterocycles. The van der Waals surface area contributed by atoms with Crippen molar-refractivity contribution in [2.75, 3.05) is 26.7 Å². The van der Waals surface area contributed by atoms with Gasteiger partial charge >= 0.3 is 0 Å². The van der Waals surface area contributed by atoms with Crippen LogP contribution in [0.5, 0.6) is 0 Å². The number of likely N-dealkylation sites (tertiary alicyclic amines) is 1. The highest BCUT2D eigenvalue weighted by molar-refractivity contribution is 7.90.